The van der Waals surface area contributed by atoms with E-state index in [0.717, 1.165) is 16.7 Å². The molecule has 4 heteroatoms. The van der Waals surface area contributed by atoms with Gasteiger partial charge in [0.2, 0.25) is 5.91 Å². The first-order chi connectivity index (χ1) is 12.2. The van der Waals surface area contributed by atoms with Gasteiger partial charge >= 0.3 is 0 Å². The molecule has 2 amide bonds. The van der Waals surface area contributed by atoms with Crippen molar-refractivity contribution in [2.45, 2.75) is 52.2 Å². The molecule has 4 nitrogen and oxygen atoms in total. The lowest BCUT2D eigenvalue weighted by Crippen LogP contribution is -2.56. The predicted molar refractivity (Wildman–Crippen MR) is 103 cm³/mol. The molecule has 0 saturated heterocycles. The number of aryl methyl sites for hydroxylation is 1. The fourth-order valence-electron chi connectivity index (χ4n) is 3.37. The van der Waals surface area contributed by atoms with Gasteiger partial charge in [0.25, 0.3) is 5.91 Å². The second-order valence-electron chi connectivity index (χ2n) is 8.03. The molecule has 0 fully saturated rings. The van der Waals surface area contributed by atoms with E-state index in [1.54, 1.807) is 4.90 Å². The lowest BCUT2D eigenvalue weighted by atomic mass is 9.92. The van der Waals surface area contributed by atoms with Crippen molar-refractivity contribution in [3.05, 3.63) is 70.8 Å². The van der Waals surface area contributed by atoms with E-state index in [2.05, 4.69) is 5.32 Å². The summed E-state index contributed by atoms with van der Waals surface area (Å²) in [5.41, 5.74) is 3.55. The summed E-state index contributed by atoms with van der Waals surface area (Å²) in [5.74, 6) is -0.203. The van der Waals surface area contributed by atoms with Gasteiger partial charge in [0.1, 0.15) is 6.04 Å². The third-order valence-electron chi connectivity index (χ3n) is 4.58. The van der Waals surface area contributed by atoms with Gasteiger partial charge in [0.05, 0.1) is 0 Å². The lowest BCUT2D eigenvalue weighted by Gasteiger charge is -2.37. The van der Waals surface area contributed by atoms with Crippen molar-refractivity contribution in [2.75, 3.05) is 0 Å². The largest absolute Gasteiger partial charge is 0.350 e. The second-order valence-corrected chi connectivity index (χ2v) is 8.03. The number of carbonyl (C=O) groups is 2. The Balaban J connectivity index is 1.96. The Morgan fingerprint density at radius 3 is 2.38 bits per heavy atom. The van der Waals surface area contributed by atoms with Crippen LogP contribution in [0.1, 0.15) is 47.8 Å². The van der Waals surface area contributed by atoms with Gasteiger partial charge in [-0.05, 0) is 51.0 Å². The van der Waals surface area contributed by atoms with Crippen LogP contribution in [0.25, 0.3) is 0 Å². The SMILES string of the molecule is Cc1cccc(C(=O)N2Cc3ccccc3C[C@H]2C(=O)NC(C)(C)C)c1. The highest BCUT2D eigenvalue weighted by molar-refractivity contribution is 5.98. The van der Waals surface area contributed by atoms with Crippen LogP contribution in [-0.2, 0) is 17.8 Å². The third-order valence-corrected chi connectivity index (χ3v) is 4.58. The molecule has 0 aliphatic carbocycles. The molecule has 0 unspecified atom stereocenters. The van der Waals surface area contributed by atoms with Gasteiger partial charge in [-0.15, -0.1) is 0 Å². The number of rotatable bonds is 2. The number of amides is 2. The van der Waals surface area contributed by atoms with Crippen molar-refractivity contribution >= 4 is 11.8 Å². The Morgan fingerprint density at radius 2 is 1.73 bits per heavy atom. The monoisotopic (exact) mass is 350 g/mol. The van der Waals surface area contributed by atoms with Gasteiger partial charge in [-0.3, -0.25) is 9.59 Å². The molecule has 0 bridgehead atoms. The van der Waals surface area contributed by atoms with Crippen LogP contribution in [0.15, 0.2) is 48.5 Å². The zero-order valence-electron chi connectivity index (χ0n) is 15.9. The highest BCUT2D eigenvalue weighted by Crippen LogP contribution is 2.26. The number of hydrogen-bond acceptors (Lipinski definition) is 2. The van der Waals surface area contributed by atoms with Gasteiger partial charge in [-0.25, -0.2) is 0 Å². The van der Waals surface area contributed by atoms with Crippen LogP contribution >= 0.6 is 0 Å². The van der Waals surface area contributed by atoms with Crippen LogP contribution < -0.4 is 5.32 Å². The predicted octanol–water partition coefficient (Wildman–Crippen LogP) is 3.48. The summed E-state index contributed by atoms with van der Waals surface area (Å²) < 4.78 is 0. The van der Waals surface area contributed by atoms with Crippen molar-refractivity contribution in [3.63, 3.8) is 0 Å². The smallest absolute Gasteiger partial charge is 0.254 e. The van der Waals surface area contributed by atoms with E-state index in [9.17, 15) is 9.59 Å². The molecule has 1 aliphatic rings. The number of carbonyl (C=O) groups excluding carboxylic acids is 2. The van der Waals surface area contributed by atoms with Crippen LogP contribution in [0.4, 0.5) is 0 Å². The maximum atomic E-state index is 13.2. The van der Waals surface area contributed by atoms with Crippen molar-refractivity contribution in [3.8, 4) is 0 Å². The molecule has 3 rings (SSSR count). The van der Waals surface area contributed by atoms with E-state index in [4.69, 9.17) is 0 Å². The second kappa shape index (κ2) is 6.94. The summed E-state index contributed by atoms with van der Waals surface area (Å²) in [4.78, 5) is 27.8. The first kappa shape index (κ1) is 18.2. The van der Waals surface area contributed by atoms with Crippen molar-refractivity contribution in [1.29, 1.82) is 0 Å². The average molecular weight is 350 g/mol. The van der Waals surface area contributed by atoms with Crippen LogP contribution in [-0.4, -0.2) is 28.3 Å². The fourth-order valence-corrected chi connectivity index (χ4v) is 3.37. The average Bonchev–Trinajstić information content (AvgIpc) is 2.58. The molecular weight excluding hydrogens is 324 g/mol. The Hall–Kier alpha value is -2.62. The summed E-state index contributed by atoms with van der Waals surface area (Å²) in [7, 11) is 0. The minimum absolute atomic E-state index is 0.0998. The molecule has 0 saturated carbocycles. The molecule has 2 aromatic carbocycles. The normalized spacial score (nSPS) is 16.8. The lowest BCUT2D eigenvalue weighted by molar-refractivity contribution is -0.127. The molecule has 1 N–H and O–H groups in total. The Labute approximate surface area is 155 Å². The summed E-state index contributed by atoms with van der Waals surface area (Å²) >= 11 is 0. The number of fused-ring (bicyclic) bond motifs is 1. The fraction of sp³-hybridized carbons (Fsp3) is 0.364. The molecule has 26 heavy (non-hydrogen) atoms. The third kappa shape index (κ3) is 3.96. The van der Waals surface area contributed by atoms with Gasteiger partial charge in [0.15, 0.2) is 0 Å². The Bertz CT molecular complexity index is 836. The summed E-state index contributed by atoms with van der Waals surface area (Å²) in [6.07, 6.45) is 0.537. The van der Waals surface area contributed by atoms with E-state index in [1.807, 2.05) is 76.2 Å². The van der Waals surface area contributed by atoms with Gasteiger partial charge < -0.3 is 10.2 Å². The van der Waals surface area contributed by atoms with Gasteiger partial charge in [-0.2, -0.15) is 0 Å². The number of hydrogen-bond donors (Lipinski definition) is 1. The van der Waals surface area contributed by atoms with Crippen LogP contribution in [0.2, 0.25) is 0 Å². The van der Waals surface area contributed by atoms with Crippen LogP contribution in [0.3, 0.4) is 0 Å². The molecule has 1 aliphatic heterocycles. The standard InChI is InChI=1S/C22H26N2O2/c1-15-8-7-11-17(12-15)21(26)24-14-18-10-6-5-9-16(18)13-19(24)20(25)23-22(2,3)4/h5-12,19H,13-14H2,1-4H3,(H,23,25)/t19-/m0/s1. The maximum Gasteiger partial charge on any atom is 0.254 e. The molecule has 0 aromatic heterocycles. The quantitative estimate of drug-likeness (QED) is 0.901. The summed E-state index contributed by atoms with van der Waals surface area (Å²) in [6.45, 7) is 8.27. The topological polar surface area (TPSA) is 49.4 Å². The minimum atomic E-state index is -0.503. The summed E-state index contributed by atoms with van der Waals surface area (Å²) in [5, 5.41) is 3.03. The van der Waals surface area contributed by atoms with Crippen LogP contribution in [0, 0.1) is 6.92 Å². The Morgan fingerprint density at radius 1 is 1.04 bits per heavy atom. The molecule has 0 radical (unpaired) electrons. The Kier molecular flexibility index (Phi) is 4.86. The van der Waals surface area contributed by atoms with Crippen molar-refractivity contribution < 1.29 is 9.59 Å². The molecular formula is C22H26N2O2. The highest BCUT2D eigenvalue weighted by atomic mass is 16.2. The van der Waals surface area contributed by atoms with E-state index in [-0.39, 0.29) is 17.4 Å². The zero-order valence-corrected chi connectivity index (χ0v) is 15.9. The number of benzene rings is 2. The summed E-state index contributed by atoms with van der Waals surface area (Å²) in [6, 6.07) is 15.1. The highest BCUT2D eigenvalue weighted by Gasteiger charge is 2.36. The maximum absolute atomic E-state index is 13.2. The zero-order chi connectivity index (χ0) is 18.9. The van der Waals surface area contributed by atoms with E-state index >= 15 is 0 Å². The van der Waals surface area contributed by atoms with E-state index in [1.165, 1.54) is 0 Å². The van der Waals surface area contributed by atoms with Crippen LogP contribution in [0.5, 0.6) is 0 Å². The number of nitrogens with one attached hydrogen (secondary N) is 1. The molecule has 0 spiro atoms. The first-order valence-electron chi connectivity index (χ1n) is 9.01. The van der Waals surface area contributed by atoms with Gasteiger partial charge in [0, 0.05) is 24.1 Å². The van der Waals surface area contributed by atoms with E-state index in [0.29, 0.717) is 18.5 Å². The molecule has 1 heterocycles. The number of nitrogens with zero attached hydrogens (tertiary/aromatic N) is 1. The molecule has 136 valence electrons. The molecule has 2 aromatic rings. The minimum Gasteiger partial charge on any atom is -0.350 e. The first-order valence-corrected chi connectivity index (χ1v) is 9.01. The molecule has 1 atom stereocenters. The van der Waals surface area contributed by atoms with Crippen molar-refractivity contribution in [2.24, 2.45) is 0 Å². The van der Waals surface area contributed by atoms with Gasteiger partial charge in [-0.1, -0.05) is 42.0 Å². The van der Waals surface area contributed by atoms with Crippen molar-refractivity contribution in [1.82, 2.24) is 10.2 Å². The van der Waals surface area contributed by atoms with E-state index < -0.39 is 6.04 Å².